The van der Waals surface area contributed by atoms with Gasteiger partial charge in [0, 0.05) is 98.8 Å². The molecule has 8 rings (SSSR count). The van der Waals surface area contributed by atoms with Gasteiger partial charge in [-0.05, 0) is 96.5 Å². The molecule has 3 aliphatic rings. The van der Waals surface area contributed by atoms with Crippen molar-refractivity contribution in [3.05, 3.63) is 129 Å². The van der Waals surface area contributed by atoms with Gasteiger partial charge in [-0.1, -0.05) is 48.0 Å². The number of amides is 4. The third-order valence-corrected chi connectivity index (χ3v) is 12.8. The molecule has 66 heavy (non-hydrogen) atoms. The Morgan fingerprint density at radius 1 is 0.788 bits per heavy atom. The summed E-state index contributed by atoms with van der Waals surface area (Å²) in [5, 5.41) is 22.7. The SMILES string of the molecule is Cc1c(OCc2cc(OCc3cncc(C#N)c3)c(CNC[C@H]3CCC(=O)N3)cc2Cl)cccc1-c1cccc(-c2ccc3c(c2)C(=O)N(C)CC(=O)N3CCNC[C@H]2CCC(=O)N2)c1C. The van der Waals surface area contributed by atoms with Crippen molar-refractivity contribution in [2.45, 2.75) is 71.4 Å². The maximum Gasteiger partial charge on any atom is 0.256 e. The summed E-state index contributed by atoms with van der Waals surface area (Å²) in [6.07, 6.45) is 5.80. The Hall–Kier alpha value is -6.79. The van der Waals surface area contributed by atoms with Crippen molar-refractivity contribution >= 4 is 40.9 Å². The van der Waals surface area contributed by atoms with Crippen molar-refractivity contribution in [2.75, 3.05) is 44.7 Å². The highest BCUT2D eigenvalue weighted by molar-refractivity contribution is 6.31. The number of nitrogens with zero attached hydrogens (tertiary/aromatic N) is 4. The first-order valence-corrected chi connectivity index (χ1v) is 22.6. The average molecular weight is 909 g/mol. The van der Waals surface area contributed by atoms with Gasteiger partial charge in [-0.3, -0.25) is 24.2 Å². The third kappa shape index (κ3) is 10.5. The number of anilines is 1. The van der Waals surface area contributed by atoms with E-state index in [-0.39, 0.29) is 55.5 Å². The second kappa shape index (κ2) is 20.6. The summed E-state index contributed by atoms with van der Waals surface area (Å²) >= 11 is 6.93. The highest BCUT2D eigenvalue weighted by Crippen LogP contribution is 2.39. The number of fused-ring (bicyclic) bond motifs is 1. The molecule has 2 saturated heterocycles. The normalized spacial score (nSPS) is 17.0. The van der Waals surface area contributed by atoms with Gasteiger partial charge >= 0.3 is 0 Å². The summed E-state index contributed by atoms with van der Waals surface area (Å²) in [6.45, 7) is 6.99. The fourth-order valence-corrected chi connectivity index (χ4v) is 9.07. The number of nitriles is 1. The van der Waals surface area contributed by atoms with Crippen LogP contribution in [0.15, 0.2) is 85.2 Å². The molecule has 5 aromatic rings. The smallest absolute Gasteiger partial charge is 0.256 e. The van der Waals surface area contributed by atoms with Gasteiger partial charge in [0.2, 0.25) is 17.7 Å². The lowest BCUT2D eigenvalue weighted by atomic mass is 9.90. The Kier molecular flexibility index (Phi) is 14.3. The number of nitrogens with one attached hydrogen (secondary N) is 4. The monoisotopic (exact) mass is 908 g/mol. The number of benzene rings is 4. The molecule has 14 nitrogen and oxygen atoms in total. The molecule has 4 amide bonds. The van der Waals surface area contributed by atoms with Crippen molar-refractivity contribution in [3.63, 3.8) is 0 Å². The van der Waals surface area contributed by atoms with Crippen LogP contribution in [0.1, 0.15) is 69.4 Å². The minimum absolute atomic E-state index is 0.0297. The van der Waals surface area contributed by atoms with Crippen LogP contribution in [0.4, 0.5) is 5.69 Å². The summed E-state index contributed by atoms with van der Waals surface area (Å²) < 4.78 is 12.9. The molecule has 2 fully saturated rings. The standard InChI is InChI=1S/C51H53ClN8O6/c1-31-40(35-10-13-45-43(19-35)51(64)59(3)28-50(63)60(45)17-16-54-26-38-11-14-48(61)57-38)6-4-7-41(31)42-8-5-9-46(32(42)2)66-30-37-21-47(65-29-34-18-33(22-53)23-55-24-34)36(20-44(37)52)25-56-27-39-12-15-49(62)58-39/h4-10,13,18-21,23-24,38-39,54,56H,11-12,14-17,25-30H2,1-3H3,(H,57,61)(H,58,62)/t38-,39-/m1/s1. The topological polar surface area (TPSA) is 178 Å². The molecule has 0 bridgehead atoms. The van der Waals surface area contributed by atoms with Crippen molar-refractivity contribution in [2.24, 2.45) is 0 Å². The predicted octanol–water partition coefficient (Wildman–Crippen LogP) is 6.37. The van der Waals surface area contributed by atoms with Gasteiger partial charge in [0.05, 0.1) is 16.8 Å². The number of carbonyl (C=O) groups excluding carboxylic acids is 4. The first-order chi connectivity index (χ1) is 31.9. The molecule has 0 unspecified atom stereocenters. The van der Waals surface area contributed by atoms with Crippen LogP contribution in [0.5, 0.6) is 11.5 Å². The van der Waals surface area contributed by atoms with Crippen LogP contribution in [-0.4, -0.2) is 85.4 Å². The van der Waals surface area contributed by atoms with E-state index in [2.05, 4.69) is 51.4 Å². The Morgan fingerprint density at radius 2 is 1.48 bits per heavy atom. The molecular weight excluding hydrogens is 856 g/mol. The molecule has 340 valence electrons. The van der Waals surface area contributed by atoms with Gasteiger partial charge in [0.25, 0.3) is 5.91 Å². The van der Waals surface area contributed by atoms with E-state index in [0.29, 0.717) is 78.9 Å². The van der Waals surface area contributed by atoms with E-state index in [0.717, 1.165) is 62.9 Å². The van der Waals surface area contributed by atoms with Crippen LogP contribution in [0.3, 0.4) is 0 Å². The fraction of sp³-hybridized carbons (Fsp3) is 0.333. The van der Waals surface area contributed by atoms with Crippen molar-refractivity contribution in [3.8, 4) is 39.8 Å². The molecule has 15 heteroatoms. The first kappa shape index (κ1) is 45.8. The molecule has 0 aliphatic carbocycles. The molecule has 4 heterocycles. The van der Waals surface area contributed by atoms with Gasteiger partial charge in [-0.15, -0.1) is 0 Å². The zero-order valence-corrected chi connectivity index (χ0v) is 38.1. The number of aromatic nitrogens is 1. The highest BCUT2D eigenvalue weighted by Gasteiger charge is 2.31. The van der Waals surface area contributed by atoms with Gasteiger partial charge in [-0.2, -0.15) is 5.26 Å². The van der Waals surface area contributed by atoms with Crippen LogP contribution >= 0.6 is 11.6 Å². The van der Waals surface area contributed by atoms with E-state index in [1.165, 1.54) is 11.1 Å². The molecule has 0 saturated carbocycles. The van der Waals surface area contributed by atoms with E-state index >= 15 is 0 Å². The van der Waals surface area contributed by atoms with Crippen molar-refractivity contribution in [1.82, 2.24) is 31.2 Å². The largest absolute Gasteiger partial charge is 0.489 e. The number of halogens is 1. The molecule has 4 aromatic carbocycles. The number of hydrogen-bond acceptors (Lipinski definition) is 10. The van der Waals surface area contributed by atoms with E-state index in [9.17, 15) is 24.4 Å². The van der Waals surface area contributed by atoms with Crippen LogP contribution in [0, 0.1) is 25.2 Å². The second-order valence-electron chi connectivity index (χ2n) is 17.1. The van der Waals surface area contributed by atoms with E-state index in [1.807, 2.05) is 61.5 Å². The van der Waals surface area contributed by atoms with Gasteiger partial charge in [0.15, 0.2) is 0 Å². The molecule has 0 radical (unpaired) electrons. The first-order valence-electron chi connectivity index (χ1n) is 22.3. The van der Waals surface area contributed by atoms with Gasteiger partial charge in [0.1, 0.15) is 37.3 Å². The Balaban J connectivity index is 1.00. The van der Waals surface area contributed by atoms with Crippen LogP contribution < -0.4 is 35.6 Å². The quantitative estimate of drug-likeness (QED) is 0.0767. The third-order valence-electron chi connectivity index (χ3n) is 12.5. The number of likely N-dealkylation sites (N-methyl/N-ethyl adjacent to an activating group) is 1. The molecule has 2 atom stereocenters. The molecule has 3 aliphatic heterocycles. The molecule has 1 aromatic heterocycles. The lowest BCUT2D eigenvalue weighted by molar-refractivity contribution is -0.120. The zero-order valence-electron chi connectivity index (χ0n) is 37.3. The molecular formula is C51H53ClN8O6. The summed E-state index contributed by atoms with van der Waals surface area (Å²) in [5.74, 6) is 1.04. The second-order valence-corrected chi connectivity index (χ2v) is 17.5. The van der Waals surface area contributed by atoms with Gasteiger partial charge in [-0.25, -0.2) is 0 Å². The Labute approximate surface area is 389 Å². The van der Waals surface area contributed by atoms with E-state index in [1.54, 1.807) is 24.2 Å². The van der Waals surface area contributed by atoms with Crippen LogP contribution in [0.2, 0.25) is 5.02 Å². The molecule has 0 spiro atoms. The number of carbonyl (C=O) groups is 4. The van der Waals surface area contributed by atoms with Crippen LogP contribution in [0.25, 0.3) is 22.3 Å². The Morgan fingerprint density at radius 3 is 2.21 bits per heavy atom. The van der Waals surface area contributed by atoms with E-state index in [4.69, 9.17) is 21.1 Å². The summed E-state index contributed by atoms with van der Waals surface area (Å²) in [5.41, 5.74) is 9.55. The van der Waals surface area contributed by atoms with Gasteiger partial charge < -0.3 is 40.5 Å². The Bertz CT molecular complexity index is 2720. The van der Waals surface area contributed by atoms with Crippen molar-refractivity contribution in [1.29, 1.82) is 5.26 Å². The average Bonchev–Trinajstić information content (AvgIpc) is 3.92. The van der Waals surface area contributed by atoms with Crippen molar-refractivity contribution < 1.29 is 28.7 Å². The summed E-state index contributed by atoms with van der Waals surface area (Å²) in [7, 11) is 1.65. The maximum absolute atomic E-state index is 13.8. The number of ether oxygens (including phenoxy) is 2. The zero-order chi connectivity index (χ0) is 46.3. The van der Waals surface area contributed by atoms with Crippen LogP contribution in [-0.2, 0) is 34.1 Å². The lowest BCUT2D eigenvalue weighted by Gasteiger charge is -2.23. The summed E-state index contributed by atoms with van der Waals surface area (Å²) in [4.78, 5) is 57.9. The minimum atomic E-state index is -0.220. The number of rotatable bonds is 17. The molecule has 4 N–H and O–H groups in total. The summed E-state index contributed by atoms with van der Waals surface area (Å²) in [6, 6.07) is 25.6. The highest BCUT2D eigenvalue weighted by atomic mass is 35.5. The minimum Gasteiger partial charge on any atom is -0.489 e. The number of hydrogen-bond donors (Lipinski definition) is 4. The predicted molar refractivity (Wildman–Crippen MR) is 252 cm³/mol. The number of pyridine rings is 1. The van der Waals surface area contributed by atoms with E-state index < -0.39 is 0 Å². The fourth-order valence-electron chi connectivity index (χ4n) is 8.83. The lowest BCUT2D eigenvalue weighted by Crippen LogP contribution is -2.43. The maximum atomic E-state index is 13.8.